The number of carbonyl (C=O) groups excluding carboxylic acids is 1. The summed E-state index contributed by atoms with van der Waals surface area (Å²) < 4.78 is 38.4. The van der Waals surface area contributed by atoms with Crippen molar-refractivity contribution in [3.05, 3.63) is 53.6 Å². The highest BCUT2D eigenvalue weighted by Gasteiger charge is 2.32. The minimum Gasteiger partial charge on any atom is -0.508 e. The lowest BCUT2D eigenvalue weighted by Gasteiger charge is -2.13. The average Bonchev–Trinajstić information content (AvgIpc) is 2.42. The van der Waals surface area contributed by atoms with Crippen LogP contribution in [0.5, 0.6) is 5.75 Å². The number of hydrogen-bond donors (Lipinski definition) is 3. The first-order valence-corrected chi connectivity index (χ1v) is 6.30. The Hall–Kier alpha value is -2.70. The number of halogens is 3. The van der Waals surface area contributed by atoms with Gasteiger partial charge in [-0.2, -0.15) is 13.2 Å². The van der Waals surface area contributed by atoms with Crippen LogP contribution in [0, 0.1) is 6.92 Å². The third kappa shape index (κ3) is 3.91. The normalized spacial score (nSPS) is 11.1. The number of anilines is 2. The Kier molecular flexibility index (Phi) is 4.25. The van der Waals surface area contributed by atoms with Crippen LogP contribution in [0.2, 0.25) is 0 Å². The van der Waals surface area contributed by atoms with E-state index in [0.29, 0.717) is 5.69 Å². The number of phenolic OH excluding ortho intramolecular Hbond substituents is 1. The van der Waals surface area contributed by atoms with Crippen LogP contribution in [0.15, 0.2) is 42.5 Å². The van der Waals surface area contributed by atoms with Crippen molar-refractivity contribution < 1.29 is 23.1 Å². The standard InChI is InChI=1S/C15H13F3N2O2/c1-9-2-3-11(8-13(9)15(16,17)18)20-14(22)19-10-4-6-12(21)7-5-10/h2-8,21H,1H3,(H2,19,20,22). The first kappa shape index (κ1) is 15.7. The van der Waals surface area contributed by atoms with Gasteiger partial charge in [0.25, 0.3) is 0 Å². The Morgan fingerprint density at radius 1 is 1.00 bits per heavy atom. The van der Waals surface area contributed by atoms with Gasteiger partial charge < -0.3 is 15.7 Å². The van der Waals surface area contributed by atoms with Crippen molar-refractivity contribution in [3.8, 4) is 5.75 Å². The molecule has 2 aromatic rings. The quantitative estimate of drug-likeness (QED) is 0.722. The Morgan fingerprint density at radius 2 is 1.55 bits per heavy atom. The molecule has 22 heavy (non-hydrogen) atoms. The zero-order valence-electron chi connectivity index (χ0n) is 11.5. The lowest BCUT2D eigenvalue weighted by Crippen LogP contribution is -2.20. The molecular weight excluding hydrogens is 297 g/mol. The number of aryl methyl sites for hydroxylation is 1. The van der Waals surface area contributed by atoms with Crippen molar-refractivity contribution >= 4 is 17.4 Å². The molecule has 2 rings (SSSR count). The van der Waals surface area contributed by atoms with Gasteiger partial charge in [0.2, 0.25) is 0 Å². The smallest absolute Gasteiger partial charge is 0.416 e. The number of amides is 2. The molecule has 0 unspecified atom stereocenters. The molecule has 4 nitrogen and oxygen atoms in total. The van der Waals surface area contributed by atoms with E-state index in [1.807, 2.05) is 0 Å². The fourth-order valence-electron chi connectivity index (χ4n) is 1.84. The van der Waals surface area contributed by atoms with E-state index in [2.05, 4.69) is 10.6 Å². The molecule has 0 radical (unpaired) electrons. The molecule has 2 amide bonds. The number of rotatable bonds is 2. The van der Waals surface area contributed by atoms with Crippen LogP contribution in [0.25, 0.3) is 0 Å². The summed E-state index contributed by atoms with van der Waals surface area (Å²) in [7, 11) is 0. The number of aromatic hydroxyl groups is 1. The number of carbonyl (C=O) groups is 1. The minimum atomic E-state index is -4.48. The lowest BCUT2D eigenvalue weighted by atomic mass is 10.1. The monoisotopic (exact) mass is 310 g/mol. The SMILES string of the molecule is Cc1ccc(NC(=O)Nc2ccc(O)cc2)cc1C(F)(F)F. The maximum atomic E-state index is 12.8. The van der Waals surface area contributed by atoms with Gasteiger partial charge in [-0.1, -0.05) is 6.07 Å². The van der Waals surface area contributed by atoms with Crippen molar-refractivity contribution in [1.82, 2.24) is 0 Å². The summed E-state index contributed by atoms with van der Waals surface area (Å²) in [5, 5.41) is 13.9. The molecule has 116 valence electrons. The fraction of sp³-hybridized carbons (Fsp3) is 0.133. The van der Waals surface area contributed by atoms with Crippen molar-refractivity contribution in [2.45, 2.75) is 13.1 Å². The van der Waals surface area contributed by atoms with E-state index in [-0.39, 0.29) is 17.0 Å². The van der Waals surface area contributed by atoms with Gasteiger partial charge >= 0.3 is 12.2 Å². The molecule has 0 atom stereocenters. The predicted octanol–water partition coefficient (Wildman–Crippen LogP) is 4.36. The second kappa shape index (κ2) is 5.97. The Bertz CT molecular complexity index is 682. The van der Waals surface area contributed by atoms with E-state index in [1.165, 1.54) is 43.3 Å². The fourth-order valence-corrected chi connectivity index (χ4v) is 1.84. The van der Waals surface area contributed by atoms with Crippen LogP contribution >= 0.6 is 0 Å². The van der Waals surface area contributed by atoms with Gasteiger partial charge in [0.05, 0.1) is 5.56 Å². The number of alkyl halides is 3. The molecule has 0 aromatic heterocycles. The van der Waals surface area contributed by atoms with Crippen LogP contribution in [-0.4, -0.2) is 11.1 Å². The first-order valence-electron chi connectivity index (χ1n) is 6.30. The van der Waals surface area contributed by atoms with Crippen molar-refractivity contribution in [2.24, 2.45) is 0 Å². The molecule has 0 saturated heterocycles. The lowest BCUT2D eigenvalue weighted by molar-refractivity contribution is -0.138. The summed E-state index contributed by atoms with van der Waals surface area (Å²) >= 11 is 0. The second-order valence-corrected chi connectivity index (χ2v) is 4.65. The van der Waals surface area contributed by atoms with Crippen LogP contribution in [0.1, 0.15) is 11.1 Å². The van der Waals surface area contributed by atoms with Gasteiger partial charge in [-0.25, -0.2) is 4.79 Å². The molecule has 2 aromatic carbocycles. The average molecular weight is 310 g/mol. The summed E-state index contributed by atoms with van der Waals surface area (Å²) in [4.78, 5) is 11.7. The predicted molar refractivity (Wildman–Crippen MR) is 76.9 cm³/mol. The second-order valence-electron chi connectivity index (χ2n) is 4.65. The zero-order chi connectivity index (χ0) is 16.3. The van der Waals surface area contributed by atoms with Crippen LogP contribution in [0.3, 0.4) is 0 Å². The number of hydrogen-bond acceptors (Lipinski definition) is 2. The summed E-state index contributed by atoms with van der Waals surface area (Å²) in [6, 6.07) is 8.57. The number of urea groups is 1. The Morgan fingerprint density at radius 3 is 2.14 bits per heavy atom. The zero-order valence-corrected chi connectivity index (χ0v) is 11.5. The molecule has 7 heteroatoms. The number of benzene rings is 2. The van der Waals surface area contributed by atoms with Gasteiger partial charge in [-0.3, -0.25) is 0 Å². The molecule has 0 heterocycles. The van der Waals surface area contributed by atoms with Gasteiger partial charge in [0, 0.05) is 11.4 Å². The van der Waals surface area contributed by atoms with Crippen molar-refractivity contribution in [2.75, 3.05) is 10.6 Å². The maximum absolute atomic E-state index is 12.8. The highest BCUT2D eigenvalue weighted by Crippen LogP contribution is 2.33. The van der Waals surface area contributed by atoms with E-state index in [4.69, 9.17) is 5.11 Å². The van der Waals surface area contributed by atoms with E-state index in [9.17, 15) is 18.0 Å². The summed E-state index contributed by atoms with van der Waals surface area (Å²) in [5.74, 6) is 0.0410. The highest BCUT2D eigenvalue weighted by atomic mass is 19.4. The molecular formula is C15H13F3N2O2. The van der Waals surface area contributed by atoms with Crippen LogP contribution in [-0.2, 0) is 6.18 Å². The van der Waals surface area contributed by atoms with Gasteiger partial charge in [0.1, 0.15) is 5.75 Å². The Balaban J connectivity index is 2.10. The molecule has 0 spiro atoms. The largest absolute Gasteiger partial charge is 0.508 e. The molecule has 0 aliphatic heterocycles. The van der Waals surface area contributed by atoms with Crippen molar-refractivity contribution in [3.63, 3.8) is 0 Å². The van der Waals surface area contributed by atoms with Gasteiger partial charge in [-0.05, 0) is 48.9 Å². The van der Waals surface area contributed by atoms with Gasteiger partial charge in [-0.15, -0.1) is 0 Å². The summed E-state index contributed by atoms with van der Waals surface area (Å²) in [5.41, 5.74) is -0.278. The molecule has 0 saturated carbocycles. The molecule has 0 aliphatic carbocycles. The third-order valence-electron chi connectivity index (χ3n) is 2.93. The third-order valence-corrected chi connectivity index (χ3v) is 2.93. The topological polar surface area (TPSA) is 61.4 Å². The van der Waals surface area contributed by atoms with Gasteiger partial charge in [0.15, 0.2) is 0 Å². The van der Waals surface area contributed by atoms with Crippen LogP contribution < -0.4 is 10.6 Å². The number of nitrogens with one attached hydrogen (secondary N) is 2. The molecule has 0 bridgehead atoms. The van der Waals surface area contributed by atoms with Crippen molar-refractivity contribution in [1.29, 1.82) is 0 Å². The van der Waals surface area contributed by atoms with E-state index in [0.717, 1.165) is 6.07 Å². The number of phenols is 1. The summed E-state index contributed by atoms with van der Waals surface area (Å²) in [6.45, 7) is 1.35. The first-order chi connectivity index (χ1) is 10.3. The molecule has 0 fully saturated rings. The summed E-state index contributed by atoms with van der Waals surface area (Å²) in [6.07, 6.45) is -4.48. The van der Waals surface area contributed by atoms with E-state index in [1.54, 1.807) is 0 Å². The minimum absolute atomic E-state index is 0.0363. The van der Waals surface area contributed by atoms with Crippen LogP contribution in [0.4, 0.5) is 29.3 Å². The maximum Gasteiger partial charge on any atom is 0.416 e. The highest BCUT2D eigenvalue weighted by molar-refractivity contribution is 5.99. The Labute approximate surface area is 124 Å². The molecule has 3 N–H and O–H groups in total. The molecule has 0 aliphatic rings. The van der Waals surface area contributed by atoms with E-state index >= 15 is 0 Å². The van der Waals surface area contributed by atoms with E-state index < -0.39 is 17.8 Å².